The van der Waals surface area contributed by atoms with E-state index in [9.17, 15) is 4.79 Å². The second-order valence-electron chi connectivity index (χ2n) is 5.34. The number of nitrogens with zero attached hydrogens (tertiary/aromatic N) is 3. The van der Waals surface area contributed by atoms with E-state index in [-0.39, 0.29) is 5.91 Å². The van der Waals surface area contributed by atoms with E-state index in [0.29, 0.717) is 5.69 Å². The predicted molar refractivity (Wildman–Crippen MR) is 82.8 cm³/mol. The molecule has 0 bridgehead atoms. The lowest BCUT2D eigenvalue weighted by atomic mass is 9.86. The molecule has 1 aliphatic rings. The van der Waals surface area contributed by atoms with E-state index in [4.69, 9.17) is 0 Å². The third-order valence-corrected chi connectivity index (χ3v) is 5.00. The molecule has 0 aromatic carbocycles. The van der Waals surface area contributed by atoms with Crippen molar-refractivity contribution in [3.05, 3.63) is 15.9 Å². The molecule has 1 saturated carbocycles. The Labute approximate surface area is 127 Å². The Bertz CT molecular complexity index is 526. The monoisotopic (exact) mass is 340 g/mol. The molecule has 1 aromatic rings. The summed E-state index contributed by atoms with van der Waals surface area (Å²) in [6, 6.07) is 0. The number of hydrogen-bond donors (Lipinski definition) is 1. The number of amides is 1. The fraction of sp³-hybridized carbons (Fsp3) is 0.643. The maximum absolute atomic E-state index is 12.1. The summed E-state index contributed by atoms with van der Waals surface area (Å²) in [6.07, 6.45) is 5.57. The van der Waals surface area contributed by atoms with Crippen molar-refractivity contribution in [1.82, 2.24) is 15.2 Å². The second-order valence-corrected chi connectivity index (χ2v) is 6.14. The van der Waals surface area contributed by atoms with E-state index in [1.54, 1.807) is 4.68 Å². The minimum absolute atomic E-state index is 0.259. The van der Waals surface area contributed by atoms with Crippen molar-refractivity contribution in [2.75, 3.05) is 0 Å². The lowest BCUT2D eigenvalue weighted by molar-refractivity contribution is 0.0948. The minimum Gasteiger partial charge on any atom is -0.271 e. The van der Waals surface area contributed by atoms with Gasteiger partial charge in [-0.15, -0.1) is 0 Å². The fourth-order valence-corrected chi connectivity index (χ4v) is 2.96. The summed E-state index contributed by atoms with van der Waals surface area (Å²) in [5.41, 5.74) is 5.02. The number of carbonyl (C=O) groups excluding carboxylic acids is 1. The van der Waals surface area contributed by atoms with Crippen LogP contribution in [-0.2, 0) is 7.05 Å². The molecule has 1 fully saturated rings. The quantitative estimate of drug-likeness (QED) is 0.859. The van der Waals surface area contributed by atoms with E-state index in [2.05, 4.69) is 38.5 Å². The van der Waals surface area contributed by atoms with Crippen LogP contribution in [0.1, 0.15) is 55.2 Å². The van der Waals surface area contributed by atoms with Crippen molar-refractivity contribution in [1.29, 1.82) is 0 Å². The summed E-state index contributed by atoms with van der Waals surface area (Å²) in [5, 5.41) is 8.44. The summed E-state index contributed by atoms with van der Waals surface area (Å²) in [7, 11) is 1.81. The summed E-state index contributed by atoms with van der Waals surface area (Å²) >= 11 is 3.39. The van der Waals surface area contributed by atoms with Crippen molar-refractivity contribution in [2.45, 2.75) is 46.0 Å². The van der Waals surface area contributed by atoms with Gasteiger partial charge in [0.25, 0.3) is 5.91 Å². The second kappa shape index (κ2) is 6.52. The molecule has 0 atom stereocenters. The molecule has 2 rings (SSSR count). The van der Waals surface area contributed by atoms with Gasteiger partial charge in [-0.1, -0.05) is 13.3 Å². The van der Waals surface area contributed by atoms with Gasteiger partial charge in [0, 0.05) is 12.8 Å². The van der Waals surface area contributed by atoms with Gasteiger partial charge < -0.3 is 0 Å². The fourth-order valence-electron chi connectivity index (χ4n) is 2.44. The predicted octanol–water partition coefficient (Wildman–Crippen LogP) is 3.18. The molecular formula is C14H21BrN4O. The molecule has 0 saturated heterocycles. The first kappa shape index (κ1) is 15.2. The van der Waals surface area contributed by atoms with Gasteiger partial charge in [-0.2, -0.15) is 10.2 Å². The third-order valence-electron chi connectivity index (χ3n) is 4.05. The largest absolute Gasteiger partial charge is 0.293 e. The van der Waals surface area contributed by atoms with E-state index in [0.717, 1.165) is 34.6 Å². The Kier molecular flexibility index (Phi) is 4.96. The molecule has 5 nitrogen and oxygen atoms in total. The molecule has 0 unspecified atom stereocenters. The van der Waals surface area contributed by atoms with Gasteiger partial charge >= 0.3 is 0 Å². The first-order chi connectivity index (χ1) is 9.52. The molecule has 0 radical (unpaired) electrons. The molecule has 110 valence electrons. The van der Waals surface area contributed by atoms with Crippen LogP contribution in [0.3, 0.4) is 0 Å². The van der Waals surface area contributed by atoms with Gasteiger partial charge in [0.2, 0.25) is 0 Å². The zero-order valence-corrected chi connectivity index (χ0v) is 13.8. The molecule has 1 aromatic heterocycles. The van der Waals surface area contributed by atoms with Crippen LogP contribution in [-0.4, -0.2) is 21.4 Å². The molecule has 0 spiro atoms. The SMILES string of the molecule is CCC1CCC(=NNC(=O)c2nn(C)c(C)c2Br)CC1. The number of halogens is 1. The summed E-state index contributed by atoms with van der Waals surface area (Å²) in [5.74, 6) is 0.558. The number of carbonyl (C=O) groups is 1. The van der Waals surface area contributed by atoms with Crippen molar-refractivity contribution in [3.63, 3.8) is 0 Å². The van der Waals surface area contributed by atoms with Gasteiger partial charge in [-0.3, -0.25) is 9.48 Å². The number of aromatic nitrogens is 2. The Morgan fingerprint density at radius 3 is 2.65 bits per heavy atom. The highest BCUT2D eigenvalue weighted by atomic mass is 79.9. The van der Waals surface area contributed by atoms with Crippen LogP contribution in [0.4, 0.5) is 0 Å². The number of hydrogen-bond acceptors (Lipinski definition) is 3. The lowest BCUT2D eigenvalue weighted by Crippen LogP contribution is -2.23. The third kappa shape index (κ3) is 3.29. The Morgan fingerprint density at radius 2 is 2.15 bits per heavy atom. The zero-order valence-electron chi connectivity index (χ0n) is 12.2. The van der Waals surface area contributed by atoms with Crippen molar-refractivity contribution in [3.8, 4) is 0 Å². The Hall–Kier alpha value is -1.17. The number of rotatable bonds is 3. The van der Waals surface area contributed by atoms with E-state index >= 15 is 0 Å². The van der Waals surface area contributed by atoms with Gasteiger partial charge in [-0.25, -0.2) is 5.43 Å². The van der Waals surface area contributed by atoms with Crippen molar-refractivity contribution in [2.24, 2.45) is 18.1 Å². The number of nitrogens with one attached hydrogen (secondary N) is 1. The Morgan fingerprint density at radius 1 is 1.50 bits per heavy atom. The van der Waals surface area contributed by atoms with Gasteiger partial charge in [0.05, 0.1) is 10.2 Å². The smallest absolute Gasteiger partial charge is 0.271 e. The van der Waals surface area contributed by atoms with Crippen molar-refractivity contribution < 1.29 is 4.79 Å². The Balaban J connectivity index is 1.97. The highest BCUT2D eigenvalue weighted by Crippen LogP contribution is 2.24. The standard InChI is InChI=1S/C14H21BrN4O/c1-4-10-5-7-11(8-6-10)16-17-14(20)13-12(15)9(2)19(3)18-13/h10H,4-8H2,1-3H3,(H,17,20). The first-order valence-corrected chi connectivity index (χ1v) is 7.87. The number of hydrazone groups is 1. The van der Waals surface area contributed by atoms with Crippen LogP contribution in [0, 0.1) is 12.8 Å². The van der Waals surface area contributed by atoms with Crippen LogP contribution in [0.2, 0.25) is 0 Å². The lowest BCUT2D eigenvalue weighted by Gasteiger charge is -2.21. The molecular weight excluding hydrogens is 320 g/mol. The zero-order chi connectivity index (χ0) is 14.7. The first-order valence-electron chi connectivity index (χ1n) is 7.07. The van der Waals surface area contributed by atoms with Crippen LogP contribution < -0.4 is 5.43 Å². The molecule has 1 N–H and O–H groups in total. The molecule has 0 aliphatic heterocycles. The van der Waals surface area contributed by atoms with E-state index in [1.165, 1.54) is 19.3 Å². The highest BCUT2D eigenvalue weighted by Gasteiger charge is 2.19. The molecule has 1 aliphatic carbocycles. The van der Waals surface area contributed by atoms with Crippen LogP contribution in [0.5, 0.6) is 0 Å². The number of aryl methyl sites for hydroxylation is 1. The average molecular weight is 341 g/mol. The molecule has 1 amide bonds. The van der Waals surface area contributed by atoms with E-state index < -0.39 is 0 Å². The van der Waals surface area contributed by atoms with Gasteiger partial charge in [-0.05, 0) is 54.5 Å². The topological polar surface area (TPSA) is 59.3 Å². The summed E-state index contributed by atoms with van der Waals surface area (Å²) in [6.45, 7) is 4.14. The average Bonchev–Trinajstić information content (AvgIpc) is 2.73. The summed E-state index contributed by atoms with van der Waals surface area (Å²) < 4.78 is 2.41. The van der Waals surface area contributed by atoms with Crippen molar-refractivity contribution >= 4 is 27.5 Å². The molecule has 1 heterocycles. The molecule has 6 heteroatoms. The van der Waals surface area contributed by atoms with Crippen LogP contribution in [0.15, 0.2) is 9.57 Å². The maximum atomic E-state index is 12.1. The maximum Gasteiger partial charge on any atom is 0.293 e. The van der Waals surface area contributed by atoms with E-state index in [1.807, 2.05) is 14.0 Å². The summed E-state index contributed by atoms with van der Waals surface area (Å²) in [4.78, 5) is 12.1. The van der Waals surface area contributed by atoms with Gasteiger partial charge in [0.1, 0.15) is 0 Å². The van der Waals surface area contributed by atoms with Gasteiger partial charge in [0.15, 0.2) is 5.69 Å². The van der Waals surface area contributed by atoms with Crippen LogP contribution >= 0.6 is 15.9 Å². The highest BCUT2D eigenvalue weighted by molar-refractivity contribution is 9.10. The molecule has 20 heavy (non-hydrogen) atoms. The van der Waals surface area contributed by atoms with Crippen LogP contribution in [0.25, 0.3) is 0 Å². The normalized spacial score (nSPS) is 19.0. The minimum atomic E-state index is -0.259.